The van der Waals surface area contributed by atoms with Crippen LogP contribution in [0.2, 0.25) is 0 Å². The monoisotopic (exact) mass is 476 g/mol. The van der Waals surface area contributed by atoms with E-state index in [1.54, 1.807) is 0 Å². The van der Waals surface area contributed by atoms with E-state index < -0.39 is 35.1 Å². The molecule has 1 aliphatic heterocycles. The van der Waals surface area contributed by atoms with Crippen molar-refractivity contribution in [1.82, 2.24) is 4.98 Å². The topological polar surface area (TPSA) is 70.5 Å². The fraction of sp³-hybridized carbons (Fsp3) is 0.115. The summed E-state index contributed by atoms with van der Waals surface area (Å²) in [6.45, 7) is 2.03. The second kappa shape index (κ2) is 8.46. The number of benzene rings is 3. The average Bonchev–Trinajstić information content (AvgIpc) is 3.37. The van der Waals surface area contributed by atoms with E-state index in [0.717, 1.165) is 28.8 Å². The van der Waals surface area contributed by atoms with Gasteiger partial charge < -0.3 is 5.11 Å². The number of aromatic nitrogens is 1. The van der Waals surface area contributed by atoms with Gasteiger partial charge in [-0.25, -0.2) is 13.8 Å². The van der Waals surface area contributed by atoms with Crippen LogP contribution in [0.25, 0.3) is 16.0 Å². The van der Waals surface area contributed by atoms with Gasteiger partial charge in [0.1, 0.15) is 17.4 Å². The molecule has 1 aromatic heterocycles. The fourth-order valence-electron chi connectivity index (χ4n) is 4.03. The Hall–Kier alpha value is -3.91. The molecule has 170 valence electrons. The number of nitrogens with zero attached hydrogens (tertiary/aromatic N) is 2. The number of fused-ring (bicyclic) bond motifs is 1. The van der Waals surface area contributed by atoms with Gasteiger partial charge in [-0.1, -0.05) is 36.5 Å². The van der Waals surface area contributed by atoms with Crippen LogP contribution in [0.15, 0.2) is 72.3 Å². The second-order valence-corrected chi connectivity index (χ2v) is 8.89. The molecule has 0 unspecified atom stereocenters. The summed E-state index contributed by atoms with van der Waals surface area (Å²) in [7, 11) is 0. The number of hydrogen-bond acceptors (Lipinski definition) is 5. The largest absolute Gasteiger partial charge is 0.507 e. The molecule has 34 heavy (non-hydrogen) atoms. The summed E-state index contributed by atoms with van der Waals surface area (Å²) in [5, 5.41) is 11.3. The molecule has 1 N–H and O–H groups in total. The van der Waals surface area contributed by atoms with Crippen LogP contribution in [0, 0.1) is 11.6 Å². The average molecular weight is 477 g/mol. The molecule has 1 saturated heterocycles. The second-order valence-electron chi connectivity index (χ2n) is 7.88. The number of amides is 1. The van der Waals surface area contributed by atoms with Crippen LogP contribution in [0.3, 0.4) is 0 Å². The van der Waals surface area contributed by atoms with Crippen molar-refractivity contribution < 1.29 is 23.5 Å². The van der Waals surface area contributed by atoms with Crippen LogP contribution in [0.1, 0.15) is 29.7 Å². The molecule has 8 heteroatoms. The Kier molecular flexibility index (Phi) is 5.45. The predicted octanol–water partition coefficient (Wildman–Crippen LogP) is 5.76. The Bertz CT molecular complexity index is 1460. The van der Waals surface area contributed by atoms with E-state index >= 15 is 0 Å². The van der Waals surface area contributed by atoms with Crippen LogP contribution in [-0.2, 0) is 16.0 Å². The van der Waals surface area contributed by atoms with E-state index in [1.165, 1.54) is 52.6 Å². The van der Waals surface area contributed by atoms with Crippen LogP contribution >= 0.6 is 11.3 Å². The molecular weight excluding hydrogens is 458 g/mol. The highest BCUT2D eigenvalue weighted by molar-refractivity contribution is 7.22. The van der Waals surface area contributed by atoms with E-state index in [0.29, 0.717) is 11.1 Å². The fourth-order valence-corrected chi connectivity index (χ4v) is 5.09. The van der Waals surface area contributed by atoms with Crippen LogP contribution in [0.5, 0.6) is 0 Å². The third kappa shape index (κ3) is 3.66. The van der Waals surface area contributed by atoms with Gasteiger partial charge >= 0.3 is 5.91 Å². The lowest BCUT2D eigenvalue weighted by Crippen LogP contribution is -2.29. The molecule has 4 aromatic rings. The highest BCUT2D eigenvalue weighted by Crippen LogP contribution is 2.44. The summed E-state index contributed by atoms with van der Waals surface area (Å²) in [4.78, 5) is 32.2. The number of ketones is 1. The molecule has 2 heterocycles. The Labute approximate surface area is 197 Å². The normalized spacial score (nSPS) is 17.6. The van der Waals surface area contributed by atoms with Crippen molar-refractivity contribution in [2.24, 2.45) is 0 Å². The first-order valence-corrected chi connectivity index (χ1v) is 11.4. The number of aryl methyl sites for hydroxylation is 1. The maximum atomic E-state index is 13.7. The highest BCUT2D eigenvalue weighted by Gasteiger charge is 2.48. The van der Waals surface area contributed by atoms with Crippen molar-refractivity contribution in [3.63, 3.8) is 0 Å². The summed E-state index contributed by atoms with van der Waals surface area (Å²) in [6, 6.07) is 15.1. The number of rotatable bonds is 4. The summed E-state index contributed by atoms with van der Waals surface area (Å²) < 4.78 is 27.9. The van der Waals surface area contributed by atoms with Gasteiger partial charge in [-0.15, -0.1) is 0 Å². The first-order valence-electron chi connectivity index (χ1n) is 10.6. The first-order chi connectivity index (χ1) is 16.4. The number of aliphatic hydroxyl groups excluding tert-OH is 1. The maximum Gasteiger partial charge on any atom is 0.301 e. The van der Waals surface area contributed by atoms with Gasteiger partial charge in [0.15, 0.2) is 5.13 Å². The van der Waals surface area contributed by atoms with Crippen LogP contribution in [-0.4, -0.2) is 21.8 Å². The van der Waals surface area contributed by atoms with Gasteiger partial charge in [0.2, 0.25) is 0 Å². The minimum Gasteiger partial charge on any atom is -0.507 e. The zero-order valence-corrected chi connectivity index (χ0v) is 18.8. The molecule has 1 amide bonds. The summed E-state index contributed by atoms with van der Waals surface area (Å²) in [5.74, 6) is -3.18. The third-order valence-corrected chi connectivity index (χ3v) is 6.82. The van der Waals surface area contributed by atoms with E-state index in [1.807, 2.05) is 25.1 Å². The summed E-state index contributed by atoms with van der Waals surface area (Å²) >= 11 is 1.26. The quantitative estimate of drug-likeness (QED) is 0.231. The number of hydrogen-bond donors (Lipinski definition) is 1. The third-order valence-electron chi connectivity index (χ3n) is 5.80. The van der Waals surface area contributed by atoms with Crippen molar-refractivity contribution >= 4 is 44.1 Å². The van der Waals surface area contributed by atoms with E-state index in [4.69, 9.17) is 0 Å². The number of carbonyl (C=O) groups is 2. The highest BCUT2D eigenvalue weighted by atomic mass is 32.1. The maximum absolute atomic E-state index is 13.7. The van der Waals surface area contributed by atoms with Crippen LogP contribution < -0.4 is 4.90 Å². The zero-order chi connectivity index (χ0) is 24.0. The molecule has 1 aliphatic rings. The number of aliphatic hydroxyl groups is 1. The molecule has 0 aliphatic carbocycles. The predicted molar refractivity (Wildman–Crippen MR) is 127 cm³/mol. The molecule has 0 radical (unpaired) electrons. The Morgan fingerprint density at radius 3 is 2.29 bits per heavy atom. The van der Waals surface area contributed by atoms with Crippen LogP contribution in [0.4, 0.5) is 13.9 Å². The van der Waals surface area contributed by atoms with Gasteiger partial charge in [0.05, 0.1) is 21.8 Å². The number of anilines is 1. The van der Waals surface area contributed by atoms with Crippen molar-refractivity contribution in [3.05, 3.63) is 101 Å². The van der Waals surface area contributed by atoms with Crippen molar-refractivity contribution in [1.29, 1.82) is 0 Å². The van der Waals surface area contributed by atoms with E-state index in [2.05, 4.69) is 4.98 Å². The standard InChI is InChI=1S/C26H18F2N2O3S/c1-2-14-3-12-19-20(13-14)34-26(29-19)30-22(15-4-8-17(27)9-5-15)21(24(32)25(30)33)23(31)16-6-10-18(28)11-7-16/h3-13,22,31H,2H2,1H3/t22-/m1/s1. The van der Waals surface area contributed by atoms with Gasteiger partial charge in [0.25, 0.3) is 5.78 Å². The molecule has 1 fully saturated rings. The molecule has 5 nitrogen and oxygen atoms in total. The molecule has 0 saturated carbocycles. The molecule has 5 rings (SSSR count). The smallest absolute Gasteiger partial charge is 0.301 e. The molecule has 0 bridgehead atoms. The minimum absolute atomic E-state index is 0.170. The number of carbonyl (C=O) groups excluding carboxylic acids is 2. The summed E-state index contributed by atoms with van der Waals surface area (Å²) in [5.41, 5.74) is 2.23. The van der Waals surface area contributed by atoms with Crippen molar-refractivity contribution in [2.75, 3.05) is 4.90 Å². The van der Waals surface area contributed by atoms with Crippen molar-refractivity contribution in [3.8, 4) is 0 Å². The number of halogens is 2. The van der Waals surface area contributed by atoms with Gasteiger partial charge in [-0.2, -0.15) is 0 Å². The molecule has 0 spiro atoms. The lowest BCUT2D eigenvalue weighted by atomic mass is 9.95. The van der Waals surface area contributed by atoms with Crippen molar-refractivity contribution in [2.45, 2.75) is 19.4 Å². The first kappa shape index (κ1) is 21.9. The SMILES string of the molecule is CCc1ccc2nc(N3C(=O)C(=O)C(=C(O)c4ccc(F)cc4)[C@H]3c3ccc(F)cc3)sc2c1. The van der Waals surface area contributed by atoms with Gasteiger partial charge in [0, 0.05) is 5.56 Å². The molecule has 1 atom stereocenters. The van der Waals surface area contributed by atoms with E-state index in [9.17, 15) is 23.5 Å². The summed E-state index contributed by atoms with van der Waals surface area (Å²) in [6.07, 6.45) is 0.834. The lowest BCUT2D eigenvalue weighted by molar-refractivity contribution is -0.132. The number of thiazole rings is 1. The van der Waals surface area contributed by atoms with Gasteiger partial charge in [-0.05, 0) is 66.1 Å². The zero-order valence-electron chi connectivity index (χ0n) is 18.0. The lowest BCUT2D eigenvalue weighted by Gasteiger charge is -2.23. The van der Waals surface area contributed by atoms with E-state index in [-0.39, 0.29) is 16.3 Å². The molecular formula is C26H18F2N2O3S. The Morgan fingerprint density at radius 1 is 1.00 bits per heavy atom. The Balaban J connectivity index is 1.71. The Morgan fingerprint density at radius 2 is 1.65 bits per heavy atom. The number of Topliss-reactive ketones (excluding diaryl/α,β-unsaturated/α-hetero) is 1. The minimum atomic E-state index is -1.03. The van der Waals surface area contributed by atoms with Gasteiger partial charge in [-0.3, -0.25) is 14.5 Å². The molecule has 3 aromatic carbocycles.